The van der Waals surface area contributed by atoms with Crippen molar-refractivity contribution in [2.45, 2.75) is 32.7 Å². The normalized spacial score (nSPS) is 22.9. The summed E-state index contributed by atoms with van der Waals surface area (Å²) in [5.74, 6) is -0.155. The minimum atomic E-state index is -0.954. The minimum Gasteiger partial charge on any atom is -0.480 e. The molecular weight excluding hydrogens is 264 g/mol. The lowest BCUT2D eigenvalue weighted by molar-refractivity contribution is -0.388. The standard InChI is InChI=1S/C12H18N4O4/c1-7-4-5-15(9(6-7)12(17)18)11-10(16(19)20)13-8(2)14(11)3/h7,9H,4-6H2,1-3H3,(H,17,18). The van der Waals surface area contributed by atoms with Gasteiger partial charge in [-0.3, -0.25) is 4.57 Å². The van der Waals surface area contributed by atoms with Crippen LogP contribution in [0.4, 0.5) is 11.6 Å². The number of nitrogens with zero attached hydrogens (tertiary/aromatic N) is 4. The number of anilines is 1. The van der Waals surface area contributed by atoms with Gasteiger partial charge in [-0.15, -0.1) is 0 Å². The van der Waals surface area contributed by atoms with Gasteiger partial charge in [-0.05, 0) is 28.7 Å². The van der Waals surface area contributed by atoms with E-state index in [4.69, 9.17) is 0 Å². The number of hydrogen-bond acceptors (Lipinski definition) is 5. The number of aromatic nitrogens is 2. The number of aryl methyl sites for hydroxylation is 1. The minimum absolute atomic E-state index is 0.272. The van der Waals surface area contributed by atoms with Crippen LogP contribution in [-0.2, 0) is 11.8 Å². The number of aliphatic carboxylic acids is 1. The van der Waals surface area contributed by atoms with Crippen LogP contribution < -0.4 is 4.90 Å². The summed E-state index contributed by atoms with van der Waals surface area (Å²) in [5, 5.41) is 20.5. The maximum atomic E-state index is 11.4. The zero-order valence-electron chi connectivity index (χ0n) is 11.7. The molecule has 2 rings (SSSR count). The molecule has 0 aliphatic carbocycles. The fraction of sp³-hybridized carbons (Fsp3) is 0.667. The van der Waals surface area contributed by atoms with E-state index in [1.54, 1.807) is 23.4 Å². The summed E-state index contributed by atoms with van der Waals surface area (Å²) < 4.78 is 1.59. The lowest BCUT2D eigenvalue weighted by atomic mass is 9.92. The molecule has 1 saturated heterocycles. The molecule has 8 heteroatoms. The number of nitro groups is 1. The van der Waals surface area contributed by atoms with E-state index in [1.165, 1.54) is 0 Å². The molecule has 0 radical (unpaired) electrons. The Morgan fingerprint density at radius 1 is 1.55 bits per heavy atom. The molecule has 0 bridgehead atoms. The first kappa shape index (κ1) is 14.3. The average molecular weight is 282 g/mol. The third kappa shape index (κ3) is 2.33. The molecule has 2 unspecified atom stereocenters. The predicted molar refractivity (Wildman–Crippen MR) is 71.8 cm³/mol. The Kier molecular flexibility index (Phi) is 3.65. The second-order valence-corrected chi connectivity index (χ2v) is 5.30. The van der Waals surface area contributed by atoms with Gasteiger partial charge in [0, 0.05) is 20.5 Å². The van der Waals surface area contributed by atoms with Crippen LogP contribution in [0.5, 0.6) is 0 Å². The Labute approximate surface area is 116 Å². The van der Waals surface area contributed by atoms with Crippen molar-refractivity contribution in [2.75, 3.05) is 11.4 Å². The topological polar surface area (TPSA) is 102 Å². The van der Waals surface area contributed by atoms with Crippen molar-refractivity contribution in [3.8, 4) is 0 Å². The van der Waals surface area contributed by atoms with E-state index in [9.17, 15) is 20.0 Å². The van der Waals surface area contributed by atoms with E-state index < -0.39 is 16.9 Å². The number of carbonyl (C=O) groups is 1. The summed E-state index contributed by atoms with van der Waals surface area (Å²) in [6.45, 7) is 4.15. The maximum absolute atomic E-state index is 11.4. The van der Waals surface area contributed by atoms with Crippen molar-refractivity contribution in [3.05, 3.63) is 15.9 Å². The Morgan fingerprint density at radius 3 is 2.75 bits per heavy atom. The molecule has 2 heterocycles. The first-order chi connectivity index (χ1) is 9.32. The van der Waals surface area contributed by atoms with Crippen molar-refractivity contribution in [1.29, 1.82) is 0 Å². The van der Waals surface area contributed by atoms with Gasteiger partial charge in [-0.25, -0.2) is 4.79 Å². The fourth-order valence-corrected chi connectivity index (χ4v) is 2.65. The summed E-state index contributed by atoms with van der Waals surface area (Å²) in [4.78, 5) is 27.5. The van der Waals surface area contributed by atoms with E-state index in [-0.39, 0.29) is 11.6 Å². The van der Waals surface area contributed by atoms with Gasteiger partial charge in [0.25, 0.3) is 0 Å². The van der Waals surface area contributed by atoms with E-state index in [2.05, 4.69) is 4.98 Å². The molecule has 8 nitrogen and oxygen atoms in total. The molecule has 1 aromatic rings. The molecule has 20 heavy (non-hydrogen) atoms. The zero-order chi connectivity index (χ0) is 15.0. The summed E-state index contributed by atoms with van der Waals surface area (Å²) in [5.41, 5.74) is 0. The van der Waals surface area contributed by atoms with Gasteiger partial charge in [0.2, 0.25) is 11.6 Å². The number of carboxylic acids is 1. The second kappa shape index (κ2) is 5.10. The predicted octanol–water partition coefficient (Wildman–Crippen LogP) is 1.33. The van der Waals surface area contributed by atoms with Crippen LogP contribution in [0.25, 0.3) is 0 Å². The molecule has 110 valence electrons. The van der Waals surface area contributed by atoms with Crippen LogP contribution >= 0.6 is 0 Å². The summed E-state index contributed by atoms with van der Waals surface area (Å²) in [7, 11) is 1.67. The molecular formula is C12H18N4O4. The molecule has 1 aliphatic rings. The first-order valence-electron chi connectivity index (χ1n) is 6.50. The van der Waals surface area contributed by atoms with Gasteiger partial charge >= 0.3 is 11.8 Å². The van der Waals surface area contributed by atoms with Gasteiger partial charge in [0.05, 0.1) is 0 Å². The van der Waals surface area contributed by atoms with Crippen LogP contribution in [0, 0.1) is 23.0 Å². The van der Waals surface area contributed by atoms with E-state index in [0.717, 1.165) is 6.42 Å². The monoisotopic (exact) mass is 282 g/mol. The summed E-state index contributed by atoms with van der Waals surface area (Å²) in [6, 6.07) is -0.743. The Balaban J connectivity index is 2.48. The van der Waals surface area contributed by atoms with E-state index in [1.807, 2.05) is 6.92 Å². The van der Waals surface area contributed by atoms with Gasteiger partial charge in [0.15, 0.2) is 0 Å². The van der Waals surface area contributed by atoms with Gasteiger partial charge in [0.1, 0.15) is 6.04 Å². The molecule has 0 amide bonds. The fourth-order valence-electron chi connectivity index (χ4n) is 2.65. The van der Waals surface area contributed by atoms with Crippen molar-refractivity contribution >= 4 is 17.6 Å². The van der Waals surface area contributed by atoms with Crippen LogP contribution in [0.15, 0.2) is 0 Å². The van der Waals surface area contributed by atoms with Crippen LogP contribution in [0.3, 0.4) is 0 Å². The molecule has 0 saturated carbocycles. The number of imidazole rings is 1. The van der Waals surface area contributed by atoms with Crippen molar-refractivity contribution in [3.63, 3.8) is 0 Å². The molecule has 1 aromatic heterocycles. The van der Waals surface area contributed by atoms with Crippen LogP contribution in [-0.4, -0.2) is 38.1 Å². The Morgan fingerprint density at radius 2 is 2.20 bits per heavy atom. The highest BCUT2D eigenvalue weighted by Crippen LogP contribution is 2.34. The Bertz CT molecular complexity index is 554. The SMILES string of the molecule is Cc1nc([N+](=O)[O-])c(N2CCC(C)CC2C(=O)O)n1C. The van der Waals surface area contributed by atoms with Crippen LogP contribution in [0.2, 0.25) is 0 Å². The highest BCUT2D eigenvalue weighted by Gasteiger charge is 2.38. The lowest BCUT2D eigenvalue weighted by Crippen LogP contribution is -2.47. The quantitative estimate of drug-likeness (QED) is 0.662. The maximum Gasteiger partial charge on any atom is 0.406 e. The van der Waals surface area contributed by atoms with E-state index in [0.29, 0.717) is 24.7 Å². The molecule has 1 fully saturated rings. The number of hydrogen-bond donors (Lipinski definition) is 1. The molecule has 0 aromatic carbocycles. The van der Waals surface area contributed by atoms with Gasteiger partial charge in [-0.1, -0.05) is 6.92 Å². The number of piperidine rings is 1. The van der Waals surface area contributed by atoms with Crippen LogP contribution in [0.1, 0.15) is 25.6 Å². The first-order valence-corrected chi connectivity index (χ1v) is 6.50. The third-order valence-electron chi connectivity index (χ3n) is 3.87. The highest BCUT2D eigenvalue weighted by atomic mass is 16.6. The smallest absolute Gasteiger partial charge is 0.406 e. The largest absolute Gasteiger partial charge is 0.480 e. The van der Waals surface area contributed by atoms with Crippen molar-refractivity contribution in [1.82, 2.24) is 9.55 Å². The van der Waals surface area contributed by atoms with Crippen molar-refractivity contribution in [2.24, 2.45) is 13.0 Å². The van der Waals surface area contributed by atoms with Gasteiger partial charge in [-0.2, -0.15) is 0 Å². The number of carboxylic acid groups (broad SMARTS) is 1. The average Bonchev–Trinajstić information content (AvgIpc) is 2.66. The lowest BCUT2D eigenvalue weighted by Gasteiger charge is -2.36. The summed E-state index contributed by atoms with van der Waals surface area (Å²) >= 11 is 0. The Hall–Kier alpha value is -2.12. The third-order valence-corrected chi connectivity index (χ3v) is 3.87. The molecule has 0 spiro atoms. The molecule has 2 atom stereocenters. The van der Waals surface area contributed by atoms with E-state index >= 15 is 0 Å². The number of rotatable bonds is 3. The van der Waals surface area contributed by atoms with Gasteiger partial charge < -0.3 is 20.1 Å². The zero-order valence-corrected chi connectivity index (χ0v) is 11.7. The summed E-state index contributed by atoms with van der Waals surface area (Å²) in [6.07, 6.45) is 1.29. The second-order valence-electron chi connectivity index (χ2n) is 5.30. The highest BCUT2D eigenvalue weighted by molar-refractivity contribution is 5.79. The molecule has 1 aliphatic heterocycles. The molecule has 1 N–H and O–H groups in total. The van der Waals surface area contributed by atoms with Crippen molar-refractivity contribution < 1.29 is 14.8 Å².